The quantitative estimate of drug-likeness (QED) is 0.623. The van der Waals surface area contributed by atoms with Gasteiger partial charge in [0.25, 0.3) is 0 Å². The Hall–Kier alpha value is -2.05. The maximum atomic E-state index is 13.1. The van der Waals surface area contributed by atoms with Gasteiger partial charge in [-0.05, 0) is 79.2 Å². The van der Waals surface area contributed by atoms with Crippen LogP contribution in [0, 0.1) is 0 Å². The molecular weight excluding hydrogens is 432 g/mol. The van der Waals surface area contributed by atoms with E-state index in [-0.39, 0.29) is 18.2 Å². The number of ether oxygens (including phenoxy) is 1. The van der Waals surface area contributed by atoms with Crippen LogP contribution in [0.2, 0.25) is 0 Å². The summed E-state index contributed by atoms with van der Waals surface area (Å²) in [6.07, 6.45) is 1.06. The van der Waals surface area contributed by atoms with Gasteiger partial charge in [0.15, 0.2) is 0 Å². The van der Waals surface area contributed by atoms with Crippen molar-refractivity contribution in [1.82, 2.24) is 4.90 Å². The molecule has 2 aromatic rings. The molecule has 1 heterocycles. The van der Waals surface area contributed by atoms with Gasteiger partial charge in [-0.2, -0.15) is 0 Å². The molecule has 3 rings (SSSR count). The molecule has 0 bridgehead atoms. The lowest BCUT2D eigenvalue weighted by atomic mass is 10.0. The molecule has 3 atom stereocenters. The lowest BCUT2D eigenvalue weighted by molar-refractivity contribution is -0.00453. The number of benzene rings is 2. The molecule has 0 saturated carbocycles. The highest BCUT2D eigenvalue weighted by Gasteiger charge is 2.42. The van der Waals surface area contributed by atoms with Crippen molar-refractivity contribution in [1.29, 1.82) is 0 Å². The second-order valence-corrected chi connectivity index (χ2v) is 9.46. The predicted molar refractivity (Wildman–Crippen MR) is 119 cm³/mol. The fourth-order valence-electron chi connectivity index (χ4n) is 3.86. The summed E-state index contributed by atoms with van der Waals surface area (Å²) in [5.41, 5.74) is 7.88. The number of nitrogens with zero attached hydrogens (tertiary/aromatic N) is 1. The number of halogens is 1. The van der Waals surface area contributed by atoms with E-state index in [1.165, 1.54) is 0 Å². The van der Waals surface area contributed by atoms with E-state index >= 15 is 0 Å². The first-order valence-corrected chi connectivity index (χ1v) is 10.7. The minimum absolute atomic E-state index is 0.0521. The predicted octanol–water partition coefficient (Wildman–Crippen LogP) is 5.08. The summed E-state index contributed by atoms with van der Waals surface area (Å²) in [5, 5.41) is 11.0. The summed E-state index contributed by atoms with van der Waals surface area (Å²) < 4.78 is 6.54. The van der Waals surface area contributed by atoms with Gasteiger partial charge in [-0.1, -0.05) is 36.4 Å². The van der Waals surface area contributed by atoms with Crippen LogP contribution in [0.3, 0.4) is 0 Å². The van der Waals surface area contributed by atoms with Crippen LogP contribution in [0.5, 0.6) is 0 Å². The Morgan fingerprint density at radius 1 is 1.24 bits per heavy atom. The number of nitrogens with two attached hydrogens (primary N) is 1. The maximum absolute atomic E-state index is 13.1. The molecule has 6 heteroatoms. The van der Waals surface area contributed by atoms with Gasteiger partial charge in [0.2, 0.25) is 0 Å². The summed E-state index contributed by atoms with van der Waals surface area (Å²) in [5.74, 6) is 0. The van der Waals surface area contributed by atoms with Crippen molar-refractivity contribution in [2.75, 3.05) is 5.73 Å². The average Bonchev–Trinajstić information content (AvgIpc) is 3.07. The maximum Gasteiger partial charge on any atom is 0.410 e. The average molecular weight is 461 g/mol. The van der Waals surface area contributed by atoms with E-state index < -0.39 is 11.7 Å². The van der Waals surface area contributed by atoms with Crippen LogP contribution < -0.4 is 5.73 Å². The van der Waals surface area contributed by atoms with E-state index in [0.29, 0.717) is 12.1 Å². The second kappa shape index (κ2) is 8.76. The monoisotopic (exact) mass is 460 g/mol. The molecule has 3 N–H and O–H groups in total. The molecule has 0 spiro atoms. The van der Waals surface area contributed by atoms with Gasteiger partial charge in [-0.25, -0.2) is 4.79 Å². The summed E-state index contributed by atoms with van der Waals surface area (Å²) in [7, 11) is 0. The summed E-state index contributed by atoms with van der Waals surface area (Å²) in [6.45, 7) is 5.57. The first-order chi connectivity index (χ1) is 13.7. The fraction of sp³-hybridized carbons (Fsp3) is 0.435. The van der Waals surface area contributed by atoms with Gasteiger partial charge in [-0.3, -0.25) is 4.90 Å². The third kappa shape index (κ3) is 5.31. The number of carbonyl (C=O) groups excluding carboxylic acids is 1. The van der Waals surface area contributed by atoms with Crippen LogP contribution in [0.15, 0.2) is 53.0 Å². The zero-order valence-corrected chi connectivity index (χ0v) is 18.7. The number of rotatable bonds is 4. The number of amides is 1. The molecule has 1 saturated heterocycles. The highest BCUT2D eigenvalue weighted by molar-refractivity contribution is 9.10. The van der Waals surface area contributed by atoms with Crippen LogP contribution in [-0.4, -0.2) is 33.8 Å². The largest absolute Gasteiger partial charge is 0.444 e. The topological polar surface area (TPSA) is 75.8 Å². The third-order valence-corrected chi connectivity index (χ3v) is 5.88. The molecule has 1 amide bonds. The minimum Gasteiger partial charge on any atom is -0.444 e. The van der Waals surface area contributed by atoms with Gasteiger partial charge >= 0.3 is 6.09 Å². The minimum atomic E-state index is -0.758. The van der Waals surface area contributed by atoms with Crippen molar-refractivity contribution in [2.45, 2.75) is 63.8 Å². The zero-order chi connectivity index (χ0) is 21.2. The number of carbonyl (C=O) groups is 1. The summed E-state index contributed by atoms with van der Waals surface area (Å²) in [4.78, 5) is 14.8. The van der Waals surface area contributed by atoms with E-state index in [9.17, 15) is 9.90 Å². The molecular formula is C23H29BrN2O3. The van der Waals surface area contributed by atoms with Crippen LogP contribution in [0.1, 0.15) is 50.8 Å². The van der Waals surface area contributed by atoms with Crippen molar-refractivity contribution in [3.05, 3.63) is 64.1 Å². The normalized spacial score (nSPS) is 20.5. The Balaban J connectivity index is 1.86. The van der Waals surface area contributed by atoms with E-state index in [0.717, 1.165) is 28.4 Å². The van der Waals surface area contributed by atoms with Crippen molar-refractivity contribution >= 4 is 27.7 Å². The van der Waals surface area contributed by atoms with Gasteiger partial charge in [0.1, 0.15) is 5.60 Å². The van der Waals surface area contributed by atoms with Crippen molar-refractivity contribution in [3.8, 4) is 0 Å². The molecule has 1 aliphatic heterocycles. The van der Waals surface area contributed by atoms with Gasteiger partial charge in [0.05, 0.1) is 12.1 Å². The van der Waals surface area contributed by atoms with Crippen LogP contribution in [0.4, 0.5) is 10.5 Å². The molecule has 2 unspecified atom stereocenters. The number of anilines is 1. The Kier molecular flexibility index (Phi) is 6.54. The number of likely N-dealkylation sites (tertiary alicyclic amines) is 1. The molecule has 29 heavy (non-hydrogen) atoms. The lowest BCUT2D eigenvalue weighted by Gasteiger charge is -2.35. The SMILES string of the molecule is CC(C)(C)OC(=O)N1C(Cc2ccc(N)c(Br)c2)CCC1[C@H](O)c1ccccc1. The third-order valence-electron chi connectivity index (χ3n) is 5.19. The molecule has 2 aromatic carbocycles. The number of hydrogen-bond donors (Lipinski definition) is 2. The Bertz CT molecular complexity index is 851. The van der Waals surface area contributed by atoms with E-state index in [2.05, 4.69) is 15.9 Å². The highest BCUT2D eigenvalue weighted by Crippen LogP contribution is 2.36. The van der Waals surface area contributed by atoms with Crippen molar-refractivity contribution in [2.24, 2.45) is 0 Å². The van der Waals surface area contributed by atoms with E-state index in [1.54, 1.807) is 4.90 Å². The molecule has 0 aromatic heterocycles. The number of aliphatic hydroxyl groups is 1. The van der Waals surface area contributed by atoms with Crippen LogP contribution in [0.25, 0.3) is 0 Å². The van der Waals surface area contributed by atoms with Crippen LogP contribution >= 0.6 is 15.9 Å². The first-order valence-electron chi connectivity index (χ1n) is 9.94. The highest BCUT2D eigenvalue weighted by atomic mass is 79.9. The molecule has 156 valence electrons. The fourth-order valence-corrected chi connectivity index (χ4v) is 4.29. The molecule has 5 nitrogen and oxygen atoms in total. The van der Waals surface area contributed by atoms with Gasteiger partial charge in [-0.15, -0.1) is 0 Å². The van der Waals surface area contributed by atoms with Gasteiger partial charge < -0.3 is 15.6 Å². The Morgan fingerprint density at radius 3 is 2.55 bits per heavy atom. The van der Waals surface area contributed by atoms with Crippen molar-refractivity contribution < 1.29 is 14.6 Å². The van der Waals surface area contributed by atoms with E-state index in [1.807, 2.05) is 69.3 Å². The smallest absolute Gasteiger partial charge is 0.410 e. The first kappa shape index (κ1) is 21.7. The second-order valence-electron chi connectivity index (χ2n) is 8.60. The number of aliphatic hydroxyl groups excluding tert-OH is 1. The number of nitrogen functional groups attached to an aromatic ring is 1. The number of hydrogen-bond acceptors (Lipinski definition) is 4. The van der Waals surface area contributed by atoms with Crippen molar-refractivity contribution in [3.63, 3.8) is 0 Å². The lowest BCUT2D eigenvalue weighted by Crippen LogP contribution is -2.47. The van der Waals surface area contributed by atoms with E-state index in [4.69, 9.17) is 10.5 Å². The molecule has 1 fully saturated rings. The van der Waals surface area contributed by atoms with Crippen LogP contribution in [-0.2, 0) is 11.2 Å². The standard InChI is InChI=1S/C23H29BrN2O3/c1-23(2,3)29-22(28)26-17(13-15-9-11-19(25)18(24)14-15)10-12-20(26)21(27)16-7-5-4-6-8-16/h4-9,11,14,17,20-21,27H,10,12-13,25H2,1-3H3/t17?,20?,21-/m1/s1. The Morgan fingerprint density at radius 2 is 1.93 bits per heavy atom. The Labute approximate surface area is 181 Å². The zero-order valence-electron chi connectivity index (χ0n) is 17.1. The molecule has 1 aliphatic rings. The molecule has 0 radical (unpaired) electrons. The summed E-state index contributed by atoms with van der Waals surface area (Å²) >= 11 is 3.47. The molecule has 0 aliphatic carbocycles. The van der Waals surface area contributed by atoms with Gasteiger partial charge in [0, 0.05) is 16.2 Å². The summed E-state index contributed by atoms with van der Waals surface area (Å²) in [6, 6.07) is 14.9.